The molecule has 138 valence electrons. The summed E-state index contributed by atoms with van der Waals surface area (Å²) >= 11 is 6.08. The van der Waals surface area contributed by atoms with Gasteiger partial charge in [0.15, 0.2) is 4.32 Å². The molecule has 1 amide bonds. The van der Waals surface area contributed by atoms with Crippen LogP contribution >= 0.6 is 24.0 Å². The fourth-order valence-corrected chi connectivity index (χ4v) is 3.69. The van der Waals surface area contributed by atoms with Gasteiger partial charge in [0.05, 0.1) is 21.1 Å². The first kappa shape index (κ1) is 19.1. The number of thiocarbonyl (C=S) groups is 1. The minimum atomic E-state index is -4.49. The normalized spacial score (nSPS) is 16.3. The number of hydrogen-bond acceptors (Lipinski definition) is 5. The van der Waals surface area contributed by atoms with Crippen LogP contribution in [0.15, 0.2) is 53.4 Å². The molecular formula is C17H9F3N2O3S2. The number of halogens is 3. The Balaban J connectivity index is 1.94. The third kappa shape index (κ3) is 4.01. The van der Waals surface area contributed by atoms with Crippen LogP contribution in [-0.2, 0) is 11.0 Å². The molecule has 10 heteroatoms. The smallest absolute Gasteiger partial charge is 0.268 e. The van der Waals surface area contributed by atoms with Crippen LogP contribution in [0.1, 0.15) is 11.1 Å². The van der Waals surface area contributed by atoms with Gasteiger partial charge in [0.1, 0.15) is 0 Å². The lowest BCUT2D eigenvalue weighted by Gasteiger charge is -2.14. The maximum absolute atomic E-state index is 12.8. The Hall–Kier alpha value is -2.72. The highest BCUT2D eigenvalue weighted by molar-refractivity contribution is 8.27. The summed E-state index contributed by atoms with van der Waals surface area (Å²) in [4.78, 5) is 24.2. The highest BCUT2D eigenvalue weighted by atomic mass is 32.2. The summed E-state index contributed by atoms with van der Waals surface area (Å²) in [7, 11) is 0. The molecule has 0 radical (unpaired) electrons. The maximum Gasteiger partial charge on any atom is 0.416 e. The van der Waals surface area contributed by atoms with Crippen molar-refractivity contribution >= 4 is 51.7 Å². The minimum Gasteiger partial charge on any atom is -0.268 e. The van der Waals surface area contributed by atoms with Crippen molar-refractivity contribution < 1.29 is 22.9 Å². The van der Waals surface area contributed by atoms with Crippen LogP contribution in [0, 0.1) is 10.1 Å². The number of non-ortho nitro benzene ring substituents is 1. The topological polar surface area (TPSA) is 63.5 Å². The molecule has 0 saturated carbocycles. The van der Waals surface area contributed by atoms with Gasteiger partial charge in [-0.05, 0) is 29.8 Å². The standard InChI is InChI=1S/C17H9F3N2O3S2/c18-17(19,20)11-4-1-3-10(7-11)8-14-15(23)21(16(26)27-14)12-5-2-6-13(9-12)22(24)25/h1-9H/b14-8+. The number of nitro groups is 1. The van der Waals surface area contributed by atoms with E-state index in [9.17, 15) is 28.1 Å². The summed E-state index contributed by atoms with van der Waals surface area (Å²) in [6.07, 6.45) is -3.18. The van der Waals surface area contributed by atoms with E-state index in [0.29, 0.717) is 0 Å². The predicted octanol–water partition coefficient (Wildman–Crippen LogP) is 5.02. The molecule has 1 fully saturated rings. The molecule has 27 heavy (non-hydrogen) atoms. The van der Waals surface area contributed by atoms with Crippen LogP contribution in [-0.4, -0.2) is 15.2 Å². The Morgan fingerprint density at radius 1 is 1.15 bits per heavy atom. The van der Waals surface area contributed by atoms with Gasteiger partial charge in [0, 0.05) is 12.1 Å². The molecule has 1 aliphatic heterocycles. The Kier molecular flexibility index (Phi) is 5.03. The molecule has 2 aromatic carbocycles. The summed E-state index contributed by atoms with van der Waals surface area (Å²) in [5.74, 6) is -0.553. The SMILES string of the molecule is O=C1/C(=C\c2cccc(C(F)(F)F)c2)SC(=S)N1c1cccc([N+](=O)[O-])c1. The van der Waals surface area contributed by atoms with Gasteiger partial charge < -0.3 is 0 Å². The molecule has 0 aliphatic carbocycles. The first-order valence-corrected chi connectivity index (χ1v) is 8.59. The van der Waals surface area contributed by atoms with Crippen LogP contribution < -0.4 is 4.90 Å². The molecule has 0 unspecified atom stereocenters. The largest absolute Gasteiger partial charge is 0.416 e. The average Bonchev–Trinajstić information content (AvgIpc) is 2.88. The van der Waals surface area contributed by atoms with Crippen LogP contribution in [0.3, 0.4) is 0 Å². The number of alkyl halides is 3. The van der Waals surface area contributed by atoms with Gasteiger partial charge in [-0.15, -0.1) is 0 Å². The average molecular weight is 410 g/mol. The zero-order chi connectivity index (χ0) is 19.8. The van der Waals surface area contributed by atoms with E-state index in [1.165, 1.54) is 42.5 Å². The van der Waals surface area contributed by atoms with E-state index >= 15 is 0 Å². The summed E-state index contributed by atoms with van der Waals surface area (Å²) in [5.41, 5.74) is -0.614. The second-order valence-electron chi connectivity index (χ2n) is 5.42. The first-order chi connectivity index (χ1) is 12.7. The first-order valence-electron chi connectivity index (χ1n) is 7.36. The second-order valence-corrected chi connectivity index (χ2v) is 7.09. The number of amides is 1. The van der Waals surface area contributed by atoms with E-state index in [4.69, 9.17) is 12.2 Å². The number of thioether (sulfide) groups is 1. The van der Waals surface area contributed by atoms with Crippen molar-refractivity contribution in [3.05, 3.63) is 74.7 Å². The van der Waals surface area contributed by atoms with E-state index in [1.54, 1.807) is 0 Å². The van der Waals surface area contributed by atoms with Gasteiger partial charge in [0.2, 0.25) is 0 Å². The lowest BCUT2D eigenvalue weighted by atomic mass is 10.1. The molecule has 1 heterocycles. The number of carbonyl (C=O) groups excluding carboxylic acids is 1. The van der Waals surface area contributed by atoms with Gasteiger partial charge in [-0.3, -0.25) is 19.8 Å². The van der Waals surface area contributed by atoms with Crippen molar-refractivity contribution in [1.82, 2.24) is 0 Å². The molecule has 1 aliphatic rings. The minimum absolute atomic E-state index is 0.130. The van der Waals surface area contributed by atoms with E-state index < -0.39 is 22.6 Å². The molecule has 0 N–H and O–H groups in total. The molecule has 0 atom stereocenters. The van der Waals surface area contributed by atoms with Crippen LogP contribution in [0.4, 0.5) is 24.5 Å². The lowest BCUT2D eigenvalue weighted by molar-refractivity contribution is -0.384. The van der Waals surface area contributed by atoms with Crippen LogP contribution in [0.25, 0.3) is 6.08 Å². The Labute approximate surface area is 160 Å². The van der Waals surface area contributed by atoms with Gasteiger partial charge in [0.25, 0.3) is 11.6 Å². The Bertz CT molecular complexity index is 989. The van der Waals surface area contributed by atoms with Gasteiger partial charge in [-0.1, -0.05) is 42.2 Å². The Morgan fingerprint density at radius 3 is 2.52 bits per heavy atom. The molecule has 0 bridgehead atoms. The quantitative estimate of drug-likeness (QED) is 0.308. The molecule has 0 spiro atoms. The fraction of sp³-hybridized carbons (Fsp3) is 0.0588. The molecule has 2 aromatic rings. The van der Waals surface area contributed by atoms with Gasteiger partial charge in [-0.25, -0.2) is 0 Å². The summed E-state index contributed by atoms with van der Waals surface area (Å²) < 4.78 is 38.6. The third-order valence-corrected chi connectivity index (χ3v) is 4.91. The number of nitro benzene ring substituents is 1. The monoisotopic (exact) mass is 410 g/mol. The van der Waals surface area contributed by atoms with Crippen molar-refractivity contribution in [3.8, 4) is 0 Å². The van der Waals surface area contributed by atoms with Crippen molar-refractivity contribution in [2.45, 2.75) is 6.18 Å². The molecule has 1 saturated heterocycles. The molecule has 5 nitrogen and oxygen atoms in total. The fourth-order valence-electron chi connectivity index (χ4n) is 2.39. The van der Waals surface area contributed by atoms with E-state index in [-0.39, 0.29) is 26.2 Å². The third-order valence-electron chi connectivity index (χ3n) is 3.60. The van der Waals surface area contributed by atoms with E-state index in [0.717, 1.165) is 28.8 Å². The number of rotatable bonds is 3. The molecule has 3 rings (SSSR count). The summed E-state index contributed by atoms with van der Waals surface area (Å²) in [5, 5.41) is 10.9. The number of hydrogen-bond donors (Lipinski definition) is 0. The highest BCUT2D eigenvalue weighted by Gasteiger charge is 2.34. The van der Waals surface area contributed by atoms with Gasteiger partial charge in [-0.2, -0.15) is 13.2 Å². The van der Waals surface area contributed by atoms with E-state index in [2.05, 4.69) is 0 Å². The van der Waals surface area contributed by atoms with Crippen molar-refractivity contribution in [3.63, 3.8) is 0 Å². The van der Waals surface area contributed by atoms with Crippen LogP contribution in [0.2, 0.25) is 0 Å². The number of nitrogens with zero attached hydrogens (tertiary/aromatic N) is 2. The molecular weight excluding hydrogens is 401 g/mol. The Morgan fingerprint density at radius 2 is 1.85 bits per heavy atom. The predicted molar refractivity (Wildman–Crippen MR) is 100 cm³/mol. The van der Waals surface area contributed by atoms with Crippen molar-refractivity contribution in [2.75, 3.05) is 4.90 Å². The maximum atomic E-state index is 12.8. The highest BCUT2D eigenvalue weighted by Crippen LogP contribution is 2.37. The summed E-state index contributed by atoms with van der Waals surface area (Å²) in [6.45, 7) is 0. The lowest BCUT2D eigenvalue weighted by Crippen LogP contribution is -2.27. The number of anilines is 1. The molecule has 0 aromatic heterocycles. The number of benzene rings is 2. The van der Waals surface area contributed by atoms with E-state index in [1.807, 2.05) is 0 Å². The zero-order valence-electron chi connectivity index (χ0n) is 13.3. The van der Waals surface area contributed by atoms with Crippen molar-refractivity contribution in [1.29, 1.82) is 0 Å². The van der Waals surface area contributed by atoms with Gasteiger partial charge >= 0.3 is 6.18 Å². The number of carbonyl (C=O) groups is 1. The zero-order valence-corrected chi connectivity index (χ0v) is 14.9. The van der Waals surface area contributed by atoms with Crippen LogP contribution in [0.5, 0.6) is 0 Å². The summed E-state index contributed by atoms with van der Waals surface area (Å²) in [6, 6.07) is 9.95. The second kappa shape index (κ2) is 7.12. The van der Waals surface area contributed by atoms with Crippen molar-refractivity contribution in [2.24, 2.45) is 0 Å².